The molecule has 1 saturated heterocycles. The SMILES string of the molecule is CCC1CCNC(C2(O)CCC(C)(C)CC2C)C1. The molecule has 4 unspecified atom stereocenters. The molecule has 2 fully saturated rings. The topological polar surface area (TPSA) is 32.3 Å². The molecule has 0 spiro atoms. The van der Waals surface area contributed by atoms with E-state index in [1.807, 2.05) is 0 Å². The van der Waals surface area contributed by atoms with Crippen LogP contribution in [0.4, 0.5) is 0 Å². The Morgan fingerprint density at radius 1 is 1.28 bits per heavy atom. The lowest BCUT2D eigenvalue weighted by Crippen LogP contribution is -2.60. The number of piperidine rings is 1. The number of nitrogens with one attached hydrogen (secondary N) is 1. The summed E-state index contributed by atoms with van der Waals surface area (Å²) in [5, 5.41) is 14.7. The molecule has 0 aromatic rings. The molecule has 2 nitrogen and oxygen atoms in total. The van der Waals surface area contributed by atoms with Crippen molar-refractivity contribution in [1.29, 1.82) is 0 Å². The molecule has 2 N–H and O–H groups in total. The first-order valence-electron chi connectivity index (χ1n) is 7.83. The van der Waals surface area contributed by atoms with Gasteiger partial charge in [-0.1, -0.05) is 34.1 Å². The molecule has 106 valence electrons. The minimum absolute atomic E-state index is 0.322. The Hall–Kier alpha value is -0.0800. The molecule has 1 aliphatic carbocycles. The van der Waals surface area contributed by atoms with E-state index in [1.54, 1.807) is 0 Å². The average molecular weight is 253 g/mol. The van der Waals surface area contributed by atoms with E-state index >= 15 is 0 Å². The van der Waals surface area contributed by atoms with Crippen LogP contribution in [-0.2, 0) is 0 Å². The lowest BCUT2D eigenvalue weighted by molar-refractivity contribution is -0.105. The normalized spacial score (nSPS) is 44.8. The molecular weight excluding hydrogens is 222 g/mol. The summed E-state index contributed by atoms with van der Waals surface area (Å²) in [6, 6.07) is 0.322. The van der Waals surface area contributed by atoms with Gasteiger partial charge in [0, 0.05) is 6.04 Å². The van der Waals surface area contributed by atoms with Gasteiger partial charge in [-0.2, -0.15) is 0 Å². The van der Waals surface area contributed by atoms with E-state index < -0.39 is 5.60 Å². The molecule has 2 heteroatoms. The fourth-order valence-corrected chi connectivity index (χ4v) is 4.16. The van der Waals surface area contributed by atoms with Crippen LogP contribution in [0.25, 0.3) is 0 Å². The van der Waals surface area contributed by atoms with Gasteiger partial charge in [-0.15, -0.1) is 0 Å². The fourth-order valence-electron chi connectivity index (χ4n) is 4.16. The van der Waals surface area contributed by atoms with Crippen molar-refractivity contribution in [2.75, 3.05) is 6.54 Å². The fraction of sp³-hybridized carbons (Fsp3) is 1.00. The van der Waals surface area contributed by atoms with E-state index in [-0.39, 0.29) is 0 Å². The summed E-state index contributed by atoms with van der Waals surface area (Å²) in [6.07, 6.45) is 6.98. The highest BCUT2D eigenvalue weighted by Crippen LogP contribution is 2.46. The third-order valence-corrected chi connectivity index (χ3v) is 5.61. The van der Waals surface area contributed by atoms with Crippen molar-refractivity contribution in [1.82, 2.24) is 5.32 Å². The van der Waals surface area contributed by atoms with E-state index in [0.29, 0.717) is 17.4 Å². The molecule has 4 atom stereocenters. The van der Waals surface area contributed by atoms with Crippen molar-refractivity contribution in [3.8, 4) is 0 Å². The van der Waals surface area contributed by atoms with Gasteiger partial charge in [0.1, 0.15) is 0 Å². The number of rotatable bonds is 2. The van der Waals surface area contributed by atoms with E-state index in [1.165, 1.54) is 12.8 Å². The molecule has 0 bridgehead atoms. The first kappa shape index (κ1) is 14.3. The van der Waals surface area contributed by atoms with Gasteiger partial charge < -0.3 is 10.4 Å². The van der Waals surface area contributed by atoms with Gasteiger partial charge in [0.05, 0.1) is 5.60 Å². The molecule has 18 heavy (non-hydrogen) atoms. The van der Waals surface area contributed by atoms with Crippen LogP contribution in [-0.4, -0.2) is 23.3 Å². The summed E-state index contributed by atoms with van der Waals surface area (Å²) in [5.74, 6) is 1.22. The molecule has 2 aliphatic rings. The standard InChI is InChI=1S/C16H31NO/c1-5-13-6-9-17-14(10-13)16(18)8-7-15(3,4)11-12(16)2/h12-14,17-18H,5-11H2,1-4H3. The lowest BCUT2D eigenvalue weighted by Gasteiger charge is -2.51. The highest BCUT2D eigenvalue weighted by Gasteiger charge is 2.48. The summed E-state index contributed by atoms with van der Waals surface area (Å²) >= 11 is 0. The van der Waals surface area contributed by atoms with E-state index in [9.17, 15) is 5.11 Å². The summed E-state index contributed by atoms with van der Waals surface area (Å²) in [5.41, 5.74) is -0.0617. The van der Waals surface area contributed by atoms with E-state index in [2.05, 4.69) is 33.0 Å². The quantitative estimate of drug-likeness (QED) is 0.791. The Balaban J connectivity index is 2.06. The molecule has 0 aromatic heterocycles. The molecule has 1 heterocycles. The maximum absolute atomic E-state index is 11.1. The van der Waals surface area contributed by atoms with Crippen molar-refractivity contribution >= 4 is 0 Å². The highest BCUT2D eigenvalue weighted by molar-refractivity contribution is 5.02. The van der Waals surface area contributed by atoms with Gasteiger partial charge >= 0.3 is 0 Å². The Morgan fingerprint density at radius 3 is 2.61 bits per heavy atom. The largest absolute Gasteiger partial charge is 0.388 e. The van der Waals surface area contributed by atoms with E-state index in [0.717, 1.165) is 38.1 Å². The van der Waals surface area contributed by atoms with Gasteiger partial charge in [0.25, 0.3) is 0 Å². The summed E-state index contributed by atoms with van der Waals surface area (Å²) in [7, 11) is 0. The van der Waals surface area contributed by atoms with Crippen LogP contribution in [0.15, 0.2) is 0 Å². The molecule has 0 aromatic carbocycles. The van der Waals surface area contributed by atoms with Gasteiger partial charge in [0.2, 0.25) is 0 Å². The Bertz CT molecular complexity index is 289. The minimum Gasteiger partial charge on any atom is -0.388 e. The number of hydrogen-bond donors (Lipinski definition) is 2. The van der Waals surface area contributed by atoms with Crippen LogP contribution >= 0.6 is 0 Å². The second kappa shape index (κ2) is 5.13. The molecule has 1 aliphatic heterocycles. The molecular formula is C16H31NO. The molecule has 1 saturated carbocycles. The molecule has 0 amide bonds. The zero-order valence-electron chi connectivity index (χ0n) is 12.6. The maximum Gasteiger partial charge on any atom is 0.0825 e. The highest BCUT2D eigenvalue weighted by atomic mass is 16.3. The lowest BCUT2D eigenvalue weighted by atomic mass is 9.61. The molecule has 2 rings (SSSR count). The first-order chi connectivity index (χ1) is 8.37. The predicted molar refractivity (Wildman–Crippen MR) is 76.6 cm³/mol. The average Bonchev–Trinajstić information content (AvgIpc) is 2.34. The maximum atomic E-state index is 11.1. The van der Waals surface area contributed by atoms with Crippen molar-refractivity contribution in [2.45, 2.75) is 77.9 Å². The minimum atomic E-state index is -0.469. The van der Waals surface area contributed by atoms with Gasteiger partial charge in [-0.25, -0.2) is 0 Å². The second-order valence-corrected chi connectivity index (χ2v) is 7.57. The number of hydrogen-bond acceptors (Lipinski definition) is 2. The third-order valence-electron chi connectivity index (χ3n) is 5.61. The second-order valence-electron chi connectivity index (χ2n) is 7.57. The Morgan fingerprint density at radius 2 is 2.00 bits per heavy atom. The van der Waals surface area contributed by atoms with Gasteiger partial charge in [-0.3, -0.25) is 0 Å². The number of aliphatic hydroxyl groups is 1. The van der Waals surface area contributed by atoms with Crippen LogP contribution in [0.3, 0.4) is 0 Å². The molecule has 0 radical (unpaired) electrons. The van der Waals surface area contributed by atoms with Gasteiger partial charge in [-0.05, 0) is 55.9 Å². The Kier molecular flexibility index (Phi) is 4.08. The van der Waals surface area contributed by atoms with Gasteiger partial charge in [0.15, 0.2) is 0 Å². The van der Waals surface area contributed by atoms with E-state index in [4.69, 9.17) is 0 Å². The smallest absolute Gasteiger partial charge is 0.0825 e. The monoisotopic (exact) mass is 253 g/mol. The first-order valence-corrected chi connectivity index (χ1v) is 7.83. The zero-order chi connectivity index (χ0) is 13.4. The third kappa shape index (κ3) is 2.75. The van der Waals surface area contributed by atoms with Crippen LogP contribution in [0.5, 0.6) is 0 Å². The van der Waals surface area contributed by atoms with Crippen LogP contribution in [0.1, 0.15) is 66.2 Å². The van der Waals surface area contributed by atoms with Crippen LogP contribution in [0.2, 0.25) is 0 Å². The van der Waals surface area contributed by atoms with Crippen molar-refractivity contribution in [3.05, 3.63) is 0 Å². The van der Waals surface area contributed by atoms with Crippen molar-refractivity contribution in [3.63, 3.8) is 0 Å². The summed E-state index contributed by atoms with van der Waals surface area (Å²) in [4.78, 5) is 0. The predicted octanol–water partition coefficient (Wildman–Crippen LogP) is 3.34. The van der Waals surface area contributed by atoms with Crippen molar-refractivity contribution < 1.29 is 5.11 Å². The van der Waals surface area contributed by atoms with Crippen LogP contribution in [0, 0.1) is 17.3 Å². The van der Waals surface area contributed by atoms with Crippen molar-refractivity contribution in [2.24, 2.45) is 17.3 Å². The zero-order valence-corrected chi connectivity index (χ0v) is 12.6. The summed E-state index contributed by atoms with van der Waals surface area (Å²) in [6.45, 7) is 10.3. The van der Waals surface area contributed by atoms with Crippen LogP contribution < -0.4 is 5.32 Å². The summed E-state index contributed by atoms with van der Waals surface area (Å²) < 4.78 is 0. The Labute approximate surface area is 113 Å².